The van der Waals surface area contributed by atoms with Crippen LogP contribution in [0.5, 0.6) is 0 Å². The Hall–Kier alpha value is -3.95. The van der Waals surface area contributed by atoms with Crippen LogP contribution in [0.15, 0.2) is 94.4 Å². The lowest BCUT2D eigenvalue weighted by Gasteiger charge is -2.19. The van der Waals surface area contributed by atoms with E-state index < -0.39 is 10.0 Å². The Bertz CT molecular complexity index is 1620. The maximum atomic E-state index is 13.6. The van der Waals surface area contributed by atoms with Gasteiger partial charge in [-0.15, -0.1) is 0 Å². The van der Waals surface area contributed by atoms with Gasteiger partial charge in [-0.2, -0.15) is 0 Å². The molecular formula is C27H23N3O4S2. The van der Waals surface area contributed by atoms with Gasteiger partial charge in [0.15, 0.2) is 5.13 Å². The number of benzene rings is 3. The van der Waals surface area contributed by atoms with Gasteiger partial charge in [0.05, 0.1) is 27.9 Å². The average Bonchev–Trinajstić information content (AvgIpc) is 3.52. The summed E-state index contributed by atoms with van der Waals surface area (Å²) in [6, 6.07) is 22.5. The lowest BCUT2D eigenvalue weighted by atomic mass is 10.2. The number of carbonyl (C=O) groups is 1. The minimum absolute atomic E-state index is 0.170. The Morgan fingerprint density at radius 3 is 2.39 bits per heavy atom. The molecule has 1 amide bonds. The molecule has 0 radical (unpaired) electrons. The van der Waals surface area contributed by atoms with E-state index in [-0.39, 0.29) is 17.3 Å². The number of amides is 1. The molecule has 0 aliphatic carbocycles. The molecule has 7 nitrogen and oxygen atoms in total. The number of thiazole rings is 1. The lowest BCUT2D eigenvalue weighted by Crippen LogP contribution is -2.30. The number of nitrogens with one attached hydrogen (secondary N) is 1. The van der Waals surface area contributed by atoms with Gasteiger partial charge in [0.1, 0.15) is 5.76 Å². The standard InChI is InChI=1S/C27H23N3O4S2/c1-18-5-12-23(13-6-18)36(32,33)29-21-10-8-20(9-11-21)26(31)30(17-22-4-3-15-34-22)27-28-24-14-7-19(2)16-25(24)35-27/h3-16,29H,17H2,1-2H3. The normalized spacial score (nSPS) is 11.5. The molecule has 0 unspecified atom stereocenters. The van der Waals surface area contributed by atoms with Crippen LogP contribution in [0.3, 0.4) is 0 Å². The Morgan fingerprint density at radius 2 is 1.69 bits per heavy atom. The number of aryl methyl sites for hydroxylation is 2. The SMILES string of the molecule is Cc1ccc(S(=O)(=O)Nc2ccc(C(=O)N(Cc3ccco3)c3nc4ccc(C)cc4s3)cc2)cc1. The summed E-state index contributed by atoms with van der Waals surface area (Å²) in [5, 5.41) is 0.557. The summed E-state index contributed by atoms with van der Waals surface area (Å²) in [4.78, 5) is 20.0. The second kappa shape index (κ2) is 9.60. The molecule has 5 aromatic rings. The second-order valence-corrected chi connectivity index (χ2v) is 11.1. The van der Waals surface area contributed by atoms with E-state index in [1.807, 2.05) is 32.0 Å². The van der Waals surface area contributed by atoms with Crippen molar-refractivity contribution >= 4 is 48.3 Å². The first kappa shape index (κ1) is 23.8. The maximum absolute atomic E-state index is 13.6. The van der Waals surface area contributed by atoms with Gasteiger partial charge in [-0.05, 0) is 80.1 Å². The zero-order valence-corrected chi connectivity index (χ0v) is 21.3. The van der Waals surface area contributed by atoms with Gasteiger partial charge in [-0.1, -0.05) is 35.1 Å². The van der Waals surface area contributed by atoms with Crippen LogP contribution in [0.25, 0.3) is 10.2 Å². The molecular weight excluding hydrogens is 494 g/mol. The molecule has 5 rings (SSSR count). The van der Waals surface area contributed by atoms with Crippen molar-refractivity contribution in [3.63, 3.8) is 0 Å². The van der Waals surface area contributed by atoms with E-state index in [4.69, 9.17) is 4.42 Å². The predicted octanol–water partition coefficient (Wildman–Crippen LogP) is 6.15. The molecule has 0 aliphatic rings. The zero-order valence-electron chi connectivity index (χ0n) is 19.6. The molecule has 0 spiro atoms. The molecule has 0 aliphatic heterocycles. The van der Waals surface area contributed by atoms with Gasteiger partial charge < -0.3 is 4.42 Å². The van der Waals surface area contributed by atoms with Crippen molar-refractivity contribution in [2.75, 3.05) is 9.62 Å². The number of nitrogens with zero attached hydrogens (tertiary/aromatic N) is 2. The van der Waals surface area contributed by atoms with E-state index in [0.717, 1.165) is 21.3 Å². The minimum atomic E-state index is -3.74. The van der Waals surface area contributed by atoms with Gasteiger partial charge in [0, 0.05) is 11.3 Å². The van der Waals surface area contributed by atoms with Gasteiger partial charge in [0.2, 0.25) is 0 Å². The third-order valence-corrected chi connectivity index (χ3v) is 8.06. The summed E-state index contributed by atoms with van der Waals surface area (Å²) in [7, 11) is -3.74. The summed E-state index contributed by atoms with van der Waals surface area (Å²) in [6.45, 7) is 4.12. The predicted molar refractivity (Wildman–Crippen MR) is 142 cm³/mol. The monoisotopic (exact) mass is 517 g/mol. The lowest BCUT2D eigenvalue weighted by molar-refractivity contribution is 0.0983. The van der Waals surface area contributed by atoms with Crippen LogP contribution in [-0.2, 0) is 16.6 Å². The molecule has 0 bridgehead atoms. The zero-order chi connectivity index (χ0) is 25.3. The summed E-state index contributed by atoms with van der Waals surface area (Å²) in [5.41, 5.74) is 3.67. The number of hydrogen-bond acceptors (Lipinski definition) is 6. The molecule has 0 fully saturated rings. The molecule has 0 saturated carbocycles. The van der Waals surface area contributed by atoms with Crippen LogP contribution in [0.2, 0.25) is 0 Å². The number of aromatic nitrogens is 1. The van der Waals surface area contributed by atoms with E-state index in [1.54, 1.807) is 71.8 Å². The molecule has 0 saturated heterocycles. The van der Waals surface area contributed by atoms with Crippen LogP contribution < -0.4 is 9.62 Å². The van der Waals surface area contributed by atoms with E-state index in [1.165, 1.54) is 11.3 Å². The highest BCUT2D eigenvalue weighted by atomic mass is 32.2. The first-order valence-corrected chi connectivity index (χ1v) is 13.5. The van der Waals surface area contributed by atoms with Crippen molar-refractivity contribution in [2.45, 2.75) is 25.3 Å². The molecule has 3 aromatic carbocycles. The van der Waals surface area contributed by atoms with Crippen molar-refractivity contribution in [3.05, 3.63) is 108 Å². The molecule has 36 heavy (non-hydrogen) atoms. The summed E-state index contributed by atoms with van der Waals surface area (Å²) < 4.78 is 34.5. The quantitative estimate of drug-likeness (QED) is 0.279. The minimum Gasteiger partial charge on any atom is -0.467 e. The highest BCUT2D eigenvalue weighted by molar-refractivity contribution is 7.92. The van der Waals surface area contributed by atoms with Crippen molar-refractivity contribution in [1.82, 2.24) is 4.98 Å². The highest BCUT2D eigenvalue weighted by Crippen LogP contribution is 2.32. The van der Waals surface area contributed by atoms with Gasteiger partial charge in [0.25, 0.3) is 15.9 Å². The Labute approximate surface area is 213 Å². The first-order valence-electron chi connectivity index (χ1n) is 11.2. The Morgan fingerprint density at radius 1 is 0.972 bits per heavy atom. The summed E-state index contributed by atoms with van der Waals surface area (Å²) in [5.74, 6) is 0.358. The third-order valence-electron chi connectivity index (χ3n) is 5.62. The van der Waals surface area contributed by atoms with Gasteiger partial charge in [-0.25, -0.2) is 13.4 Å². The third kappa shape index (κ3) is 5.02. The fraction of sp³-hybridized carbons (Fsp3) is 0.111. The number of sulfonamides is 1. The van der Waals surface area contributed by atoms with Gasteiger partial charge >= 0.3 is 0 Å². The van der Waals surface area contributed by atoms with Crippen LogP contribution in [-0.4, -0.2) is 19.3 Å². The smallest absolute Gasteiger partial charge is 0.261 e. The van der Waals surface area contributed by atoms with E-state index in [9.17, 15) is 13.2 Å². The van der Waals surface area contributed by atoms with Crippen LogP contribution in [0.4, 0.5) is 10.8 Å². The van der Waals surface area contributed by atoms with Crippen molar-refractivity contribution < 1.29 is 17.6 Å². The number of anilines is 2. The molecule has 2 aromatic heterocycles. The van der Waals surface area contributed by atoms with Gasteiger partial charge in [-0.3, -0.25) is 14.4 Å². The number of fused-ring (bicyclic) bond motifs is 1. The van der Waals surface area contributed by atoms with Crippen LogP contribution in [0.1, 0.15) is 27.2 Å². The molecule has 9 heteroatoms. The van der Waals surface area contributed by atoms with E-state index in [0.29, 0.717) is 22.1 Å². The number of carbonyl (C=O) groups excluding carboxylic acids is 1. The number of hydrogen-bond donors (Lipinski definition) is 1. The van der Waals surface area contributed by atoms with E-state index >= 15 is 0 Å². The molecule has 1 N–H and O–H groups in total. The summed E-state index contributed by atoms with van der Waals surface area (Å²) >= 11 is 1.43. The van der Waals surface area contributed by atoms with Crippen LogP contribution >= 0.6 is 11.3 Å². The first-order chi connectivity index (χ1) is 17.3. The fourth-order valence-corrected chi connectivity index (χ4v) is 5.81. The van der Waals surface area contributed by atoms with Crippen molar-refractivity contribution in [2.24, 2.45) is 0 Å². The molecule has 182 valence electrons. The highest BCUT2D eigenvalue weighted by Gasteiger charge is 2.23. The average molecular weight is 518 g/mol. The largest absolute Gasteiger partial charge is 0.467 e. The van der Waals surface area contributed by atoms with Crippen molar-refractivity contribution in [1.29, 1.82) is 0 Å². The Kier molecular flexibility index (Phi) is 6.34. The number of rotatable bonds is 7. The topological polar surface area (TPSA) is 92.5 Å². The maximum Gasteiger partial charge on any atom is 0.261 e. The molecule has 0 atom stereocenters. The van der Waals surface area contributed by atoms with E-state index in [2.05, 4.69) is 9.71 Å². The molecule has 2 heterocycles. The second-order valence-electron chi connectivity index (χ2n) is 8.43. The fourth-order valence-electron chi connectivity index (χ4n) is 3.69. The van der Waals surface area contributed by atoms with Crippen LogP contribution in [0, 0.1) is 13.8 Å². The number of furan rings is 1. The van der Waals surface area contributed by atoms with Crippen molar-refractivity contribution in [3.8, 4) is 0 Å². The Balaban J connectivity index is 1.41. The summed E-state index contributed by atoms with van der Waals surface area (Å²) in [6.07, 6.45) is 1.56.